The summed E-state index contributed by atoms with van der Waals surface area (Å²) in [6.45, 7) is 0. The molecule has 1 fully saturated rings. The average molecular weight is 570 g/mol. The topological polar surface area (TPSA) is 147 Å². The van der Waals surface area contributed by atoms with Crippen molar-refractivity contribution in [1.29, 1.82) is 0 Å². The molecule has 0 unspecified atom stereocenters. The van der Waals surface area contributed by atoms with Gasteiger partial charge in [0.05, 0.1) is 0 Å². The van der Waals surface area contributed by atoms with E-state index in [9.17, 15) is 19.5 Å². The van der Waals surface area contributed by atoms with Crippen LogP contribution in [-0.2, 0) is 19.2 Å². The van der Waals surface area contributed by atoms with Crippen LogP contribution in [0.25, 0.3) is 0 Å². The summed E-state index contributed by atoms with van der Waals surface area (Å²) < 4.78 is 0.908. The smallest absolute Gasteiger partial charge is 0.353 e. The zero-order valence-corrected chi connectivity index (χ0v) is 20.9. The fraction of sp³-hybridized carbons (Fsp3) is 0.211. The van der Waals surface area contributed by atoms with Crippen LogP contribution < -0.4 is 11.1 Å². The van der Waals surface area contributed by atoms with Gasteiger partial charge in [0.2, 0.25) is 0 Å². The van der Waals surface area contributed by atoms with Gasteiger partial charge in [-0.25, -0.2) is 9.78 Å². The fourth-order valence-electron chi connectivity index (χ4n) is 3.22. The number of carboxylic acids is 1. The number of nitrogen functional groups attached to an aromatic ring is 1. The fourth-order valence-corrected chi connectivity index (χ4v) is 6.50. The Balaban J connectivity index is 1.53. The second kappa shape index (κ2) is 9.75. The SMILES string of the molecule is CON=C(C(=O)N[C@@H]1C(=O)N2C(C(=O)O)=C(Sc3ccc(Br)cc3)CS[C@@H]12)c1csc(N)n1. The van der Waals surface area contributed by atoms with Gasteiger partial charge >= 0.3 is 5.97 Å². The third kappa shape index (κ3) is 4.74. The highest BCUT2D eigenvalue weighted by molar-refractivity contribution is 9.10. The minimum absolute atomic E-state index is 0.0692. The number of halogens is 1. The van der Waals surface area contributed by atoms with E-state index < -0.39 is 29.2 Å². The number of nitrogens with zero attached hydrogens (tertiary/aromatic N) is 3. The maximum absolute atomic E-state index is 12.9. The normalized spacial score (nSPS) is 20.2. The summed E-state index contributed by atoms with van der Waals surface area (Å²) in [5.74, 6) is -2.00. The van der Waals surface area contributed by atoms with Crippen molar-refractivity contribution in [3.05, 3.63) is 50.4 Å². The van der Waals surface area contributed by atoms with E-state index in [4.69, 9.17) is 10.6 Å². The molecule has 33 heavy (non-hydrogen) atoms. The van der Waals surface area contributed by atoms with Gasteiger partial charge in [-0.05, 0) is 24.3 Å². The highest BCUT2D eigenvalue weighted by atomic mass is 79.9. The lowest BCUT2D eigenvalue weighted by atomic mass is 10.0. The first-order valence-corrected chi connectivity index (χ1v) is 12.8. The van der Waals surface area contributed by atoms with Gasteiger partial charge in [-0.1, -0.05) is 32.8 Å². The van der Waals surface area contributed by atoms with Crippen molar-refractivity contribution in [1.82, 2.24) is 15.2 Å². The molecule has 1 aromatic heterocycles. The first-order valence-electron chi connectivity index (χ1n) is 9.28. The molecule has 2 aliphatic heterocycles. The minimum Gasteiger partial charge on any atom is -0.477 e. The molecule has 0 saturated carbocycles. The molecule has 3 heterocycles. The Hall–Kier alpha value is -2.55. The Morgan fingerprint density at radius 2 is 2.12 bits per heavy atom. The number of aromatic nitrogens is 1. The van der Waals surface area contributed by atoms with Crippen LogP contribution in [0.4, 0.5) is 5.13 Å². The molecule has 14 heteroatoms. The Kier molecular flexibility index (Phi) is 6.97. The number of nitrogens with one attached hydrogen (secondary N) is 1. The van der Waals surface area contributed by atoms with Crippen LogP contribution in [0.3, 0.4) is 0 Å². The summed E-state index contributed by atoms with van der Waals surface area (Å²) in [7, 11) is 1.28. The first-order chi connectivity index (χ1) is 15.8. The van der Waals surface area contributed by atoms with Crippen LogP contribution in [0.2, 0.25) is 0 Å². The Labute approximate surface area is 208 Å². The van der Waals surface area contributed by atoms with Crippen molar-refractivity contribution in [3.8, 4) is 0 Å². The van der Waals surface area contributed by atoms with Crippen molar-refractivity contribution in [2.75, 3.05) is 18.6 Å². The monoisotopic (exact) mass is 569 g/mol. The van der Waals surface area contributed by atoms with Crippen molar-refractivity contribution in [2.24, 2.45) is 5.16 Å². The maximum Gasteiger partial charge on any atom is 0.353 e. The number of carboxylic acid groups (broad SMARTS) is 1. The van der Waals surface area contributed by atoms with Crippen LogP contribution >= 0.6 is 50.8 Å². The number of thioether (sulfide) groups is 2. The molecule has 2 atom stereocenters. The molecule has 1 saturated heterocycles. The Morgan fingerprint density at radius 3 is 2.73 bits per heavy atom. The maximum atomic E-state index is 12.9. The second-order valence-electron chi connectivity index (χ2n) is 6.69. The van der Waals surface area contributed by atoms with Gasteiger partial charge in [0.15, 0.2) is 10.8 Å². The molecule has 4 N–H and O–H groups in total. The predicted molar refractivity (Wildman–Crippen MR) is 130 cm³/mol. The summed E-state index contributed by atoms with van der Waals surface area (Å²) in [5.41, 5.74) is 5.65. The van der Waals surface area contributed by atoms with E-state index in [1.54, 1.807) is 5.38 Å². The van der Waals surface area contributed by atoms with E-state index in [2.05, 4.69) is 31.4 Å². The number of oxime groups is 1. The van der Waals surface area contributed by atoms with Gasteiger partial charge in [0.25, 0.3) is 11.8 Å². The van der Waals surface area contributed by atoms with E-state index >= 15 is 0 Å². The molecule has 2 aliphatic rings. The Bertz CT molecular complexity index is 1180. The third-order valence-corrected chi connectivity index (χ3v) is 8.40. The average Bonchev–Trinajstić information content (AvgIpc) is 3.22. The van der Waals surface area contributed by atoms with E-state index in [1.807, 2.05) is 24.3 Å². The standard InChI is InChI=1S/C19H16BrN5O5S3/c1-30-24-12(10-6-32-19(21)22-10)15(26)23-13-16(27)25-14(18(28)29)11(7-31-17(13)25)33-9-4-2-8(20)3-5-9/h2-6,13,17H,7H2,1H3,(H2,21,22)(H,23,26)(H,28,29)/t13-,17+/m1/s1. The quantitative estimate of drug-likeness (QED) is 0.259. The van der Waals surface area contributed by atoms with Gasteiger partial charge in [0.1, 0.15) is 29.9 Å². The van der Waals surface area contributed by atoms with Crippen LogP contribution in [0.15, 0.2) is 54.8 Å². The largest absolute Gasteiger partial charge is 0.477 e. The number of carbonyl (C=O) groups is 3. The van der Waals surface area contributed by atoms with Gasteiger partial charge in [0, 0.05) is 25.4 Å². The molecule has 1 aromatic carbocycles. The third-order valence-electron chi connectivity index (χ3n) is 4.64. The molecular formula is C19H16BrN5O5S3. The number of aliphatic carboxylic acids is 1. The van der Waals surface area contributed by atoms with Crippen molar-refractivity contribution in [3.63, 3.8) is 0 Å². The molecule has 172 valence electrons. The van der Waals surface area contributed by atoms with E-state index in [0.717, 1.165) is 20.7 Å². The molecular weight excluding hydrogens is 554 g/mol. The number of carbonyl (C=O) groups excluding carboxylic acids is 2. The van der Waals surface area contributed by atoms with Crippen molar-refractivity contribution < 1.29 is 24.3 Å². The van der Waals surface area contributed by atoms with Crippen molar-refractivity contribution in [2.45, 2.75) is 16.3 Å². The number of thiazole rings is 1. The summed E-state index contributed by atoms with van der Waals surface area (Å²) in [4.78, 5) is 49.1. The highest BCUT2D eigenvalue weighted by Gasteiger charge is 2.54. The summed E-state index contributed by atoms with van der Waals surface area (Å²) in [5, 5.41) is 17.4. The van der Waals surface area contributed by atoms with Crippen LogP contribution in [0.1, 0.15) is 5.69 Å². The van der Waals surface area contributed by atoms with Crippen LogP contribution in [0, 0.1) is 0 Å². The lowest BCUT2D eigenvalue weighted by Gasteiger charge is -2.49. The van der Waals surface area contributed by atoms with Gasteiger partial charge in [-0.3, -0.25) is 14.5 Å². The van der Waals surface area contributed by atoms with E-state index in [1.165, 1.54) is 35.5 Å². The van der Waals surface area contributed by atoms with Crippen LogP contribution in [-0.4, -0.2) is 62.8 Å². The Morgan fingerprint density at radius 1 is 1.39 bits per heavy atom. The van der Waals surface area contributed by atoms with Gasteiger partial charge in [-0.15, -0.1) is 23.1 Å². The van der Waals surface area contributed by atoms with Gasteiger partial charge in [-0.2, -0.15) is 0 Å². The predicted octanol–water partition coefficient (Wildman–Crippen LogP) is 2.33. The van der Waals surface area contributed by atoms with E-state index in [0.29, 0.717) is 10.7 Å². The zero-order chi connectivity index (χ0) is 23.7. The molecule has 0 bridgehead atoms. The molecule has 0 spiro atoms. The lowest BCUT2D eigenvalue weighted by molar-refractivity contribution is -0.150. The summed E-state index contributed by atoms with van der Waals surface area (Å²) in [6.07, 6.45) is 0. The number of nitrogens with two attached hydrogens (primary N) is 1. The lowest BCUT2D eigenvalue weighted by Crippen LogP contribution is -2.71. The molecule has 2 amide bonds. The summed E-state index contributed by atoms with van der Waals surface area (Å²) >= 11 is 7.18. The second-order valence-corrected chi connectivity index (χ2v) is 10.8. The number of hydrogen-bond acceptors (Lipinski definition) is 10. The number of benzene rings is 1. The molecule has 0 aliphatic carbocycles. The van der Waals surface area contributed by atoms with Crippen molar-refractivity contribution >= 4 is 79.4 Å². The number of rotatable bonds is 7. The molecule has 2 aromatic rings. The summed E-state index contributed by atoms with van der Waals surface area (Å²) in [6, 6.07) is 6.53. The van der Waals surface area contributed by atoms with Gasteiger partial charge < -0.3 is 21.0 Å². The molecule has 0 radical (unpaired) electrons. The highest BCUT2D eigenvalue weighted by Crippen LogP contribution is 2.45. The minimum atomic E-state index is -1.20. The first kappa shape index (κ1) is 23.6. The van der Waals surface area contributed by atoms with E-state index in [-0.39, 0.29) is 22.2 Å². The van der Waals surface area contributed by atoms with Crippen LogP contribution in [0.5, 0.6) is 0 Å². The number of amides is 2. The number of fused-ring (bicyclic) bond motifs is 1. The molecule has 4 rings (SSSR count). The number of β-lactam (4-membered cyclic amide) rings is 1. The number of hydrogen-bond donors (Lipinski definition) is 3. The zero-order valence-electron chi connectivity index (χ0n) is 16.9. The number of anilines is 1. The molecule has 10 nitrogen and oxygen atoms in total.